The summed E-state index contributed by atoms with van der Waals surface area (Å²) in [6, 6.07) is 8.57. The minimum absolute atomic E-state index is 0.874. The third kappa shape index (κ3) is 3.84. The number of nitrogens with one attached hydrogen (secondary N) is 1. The standard InChI is InChI=1S/C16H24N4/c1-4-9-17-11-15-7-5-6-8-16(15)19(2)12-14-10-18-20(3)13-14/h5-8,10,13,17H,4,9,11-12H2,1-3H3. The van der Waals surface area contributed by atoms with E-state index in [1.54, 1.807) is 0 Å². The summed E-state index contributed by atoms with van der Waals surface area (Å²) in [4.78, 5) is 2.28. The third-order valence-corrected chi connectivity index (χ3v) is 3.32. The number of rotatable bonds is 7. The largest absolute Gasteiger partial charge is 0.370 e. The van der Waals surface area contributed by atoms with E-state index in [-0.39, 0.29) is 0 Å². The zero-order chi connectivity index (χ0) is 14.4. The molecule has 108 valence electrons. The average molecular weight is 272 g/mol. The Bertz CT molecular complexity index is 533. The number of para-hydroxylation sites is 1. The summed E-state index contributed by atoms with van der Waals surface area (Å²) >= 11 is 0. The summed E-state index contributed by atoms with van der Waals surface area (Å²) in [5, 5.41) is 7.70. The Morgan fingerprint density at radius 1 is 1.30 bits per heavy atom. The highest BCUT2D eigenvalue weighted by Gasteiger charge is 2.08. The van der Waals surface area contributed by atoms with Gasteiger partial charge in [-0.05, 0) is 24.6 Å². The van der Waals surface area contributed by atoms with E-state index >= 15 is 0 Å². The Balaban J connectivity index is 2.06. The van der Waals surface area contributed by atoms with Crippen molar-refractivity contribution < 1.29 is 0 Å². The topological polar surface area (TPSA) is 33.1 Å². The molecule has 4 heteroatoms. The molecule has 0 spiro atoms. The summed E-state index contributed by atoms with van der Waals surface area (Å²) in [6.07, 6.45) is 5.15. The number of aryl methyl sites for hydroxylation is 1. The first-order valence-electron chi connectivity index (χ1n) is 7.18. The summed E-state index contributed by atoms with van der Waals surface area (Å²) in [5.41, 5.74) is 3.85. The zero-order valence-electron chi connectivity index (χ0n) is 12.6. The van der Waals surface area contributed by atoms with Crippen molar-refractivity contribution in [2.45, 2.75) is 26.4 Å². The van der Waals surface area contributed by atoms with Gasteiger partial charge in [0.05, 0.1) is 6.20 Å². The van der Waals surface area contributed by atoms with Crippen LogP contribution in [0.3, 0.4) is 0 Å². The third-order valence-electron chi connectivity index (χ3n) is 3.32. The van der Waals surface area contributed by atoms with Crippen LogP contribution in [0.1, 0.15) is 24.5 Å². The lowest BCUT2D eigenvalue weighted by Gasteiger charge is -2.22. The van der Waals surface area contributed by atoms with Crippen LogP contribution in [0.15, 0.2) is 36.7 Å². The van der Waals surface area contributed by atoms with Gasteiger partial charge in [-0.25, -0.2) is 0 Å². The highest BCUT2D eigenvalue weighted by atomic mass is 15.2. The molecule has 0 aliphatic rings. The Morgan fingerprint density at radius 3 is 2.80 bits per heavy atom. The molecule has 0 unspecified atom stereocenters. The average Bonchev–Trinajstić information content (AvgIpc) is 2.85. The molecule has 1 heterocycles. The van der Waals surface area contributed by atoms with E-state index in [0.29, 0.717) is 0 Å². The van der Waals surface area contributed by atoms with Crippen LogP contribution >= 0.6 is 0 Å². The van der Waals surface area contributed by atoms with E-state index < -0.39 is 0 Å². The molecule has 20 heavy (non-hydrogen) atoms. The van der Waals surface area contributed by atoms with E-state index in [1.807, 2.05) is 17.9 Å². The highest BCUT2D eigenvalue weighted by molar-refractivity contribution is 5.53. The first-order valence-corrected chi connectivity index (χ1v) is 7.18. The molecule has 0 aliphatic heterocycles. The minimum atomic E-state index is 0.874. The maximum atomic E-state index is 4.22. The van der Waals surface area contributed by atoms with E-state index in [4.69, 9.17) is 0 Å². The summed E-state index contributed by atoms with van der Waals surface area (Å²) in [5.74, 6) is 0. The second-order valence-corrected chi connectivity index (χ2v) is 5.18. The molecule has 0 fully saturated rings. The Hall–Kier alpha value is -1.81. The Labute approximate surface area is 121 Å². The molecular formula is C16H24N4. The van der Waals surface area contributed by atoms with Crippen molar-refractivity contribution in [3.05, 3.63) is 47.8 Å². The van der Waals surface area contributed by atoms with Crippen LogP contribution in [0.4, 0.5) is 5.69 Å². The quantitative estimate of drug-likeness (QED) is 0.786. The predicted octanol–water partition coefficient (Wildman–Crippen LogP) is 2.56. The smallest absolute Gasteiger partial charge is 0.0539 e. The van der Waals surface area contributed by atoms with Crippen molar-refractivity contribution >= 4 is 5.69 Å². The molecule has 0 aliphatic carbocycles. The van der Waals surface area contributed by atoms with Gasteiger partial charge < -0.3 is 10.2 Å². The lowest BCUT2D eigenvalue weighted by atomic mass is 10.1. The molecule has 1 aromatic heterocycles. The van der Waals surface area contributed by atoms with Crippen LogP contribution in [0.2, 0.25) is 0 Å². The highest BCUT2D eigenvalue weighted by Crippen LogP contribution is 2.20. The second-order valence-electron chi connectivity index (χ2n) is 5.18. The van der Waals surface area contributed by atoms with Crippen LogP contribution < -0.4 is 10.2 Å². The van der Waals surface area contributed by atoms with Gasteiger partial charge in [-0.15, -0.1) is 0 Å². The van der Waals surface area contributed by atoms with Gasteiger partial charge in [0.15, 0.2) is 0 Å². The van der Waals surface area contributed by atoms with Gasteiger partial charge in [0.1, 0.15) is 0 Å². The molecule has 2 rings (SSSR count). The molecule has 1 aromatic carbocycles. The predicted molar refractivity (Wildman–Crippen MR) is 83.8 cm³/mol. The maximum absolute atomic E-state index is 4.22. The summed E-state index contributed by atoms with van der Waals surface area (Å²) in [7, 11) is 4.08. The van der Waals surface area contributed by atoms with Crippen LogP contribution in [0.5, 0.6) is 0 Å². The van der Waals surface area contributed by atoms with E-state index in [2.05, 4.69) is 59.7 Å². The van der Waals surface area contributed by atoms with Gasteiger partial charge in [-0.1, -0.05) is 25.1 Å². The van der Waals surface area contributed by atoms with Crippen LogP contribution in [0.25, 0.3) is 0 Å². The van der Waals surface area contributed by atoms with Crippen molar-refractivity contribution in [3.63, 3.8) is 0 Å². The number of hydrogen-bond donors (Lipinski definition) is 1. The van der Waals surface area contributed by atoms with Crippen LogP contribution in [-0.4, -0.2) is 23.4 Å². The molecule has 0 radical (unpaired) electrons. The van der Waals surface area contributed by atoms with Crippen molar-refractivity contribution in [1.29, 1.82) is 0 Å². The summed E-state index contributed by atoms with van der Waals surface area (Å²) in [6.45, 7) is 5.04. The van der Waals surface area contributed by atoms with Gasteiger partial charge >= 0.3 is 0 Å². The van der Waals surface area contributed by atoms with Crippen molar-refractivity contribution in [3.8, 4) is 0 Å². The molecule has 0 atom stereocenters. The zero-order valence-corrected chi connectivity index (χ0v) is 12.6. The Kier molecular flexibility index (Phi) is 5.18. The SMILES string of the molecule is CCCNCc1ccccc1N(C)Cc1cnn(C)c1. The molecular weight excluding hydrogens is 248 g/mol. The number of hydrogen-bond acceptors (Lipinski definition) is 3. The second kappa shape index (κ2) is 7.10. The van der Waals surface area contributed by atoms with Crippen LogP contribution in [-0.2, 0) is 20.1 Å². The van der Waals surface area contributed by atoms with Crippen molar-refractivity contribution in [2.75, 3.05) is 18.5 Å². The maximum Gasteiger partial charge on any atom is 0.0539 e. The first kappa shape index (κ1) is 14.6. The molecule has 4 nitrogen and oxygen atoms in total. The summed E-state index contributed by atoms with van der Waals surface area (Å²) < 4.78 is 1.85. The number of benzene rings is 1. The van der Waals surface area contributed by atoms with Crippen LogP contribution in [0, 0.1) is 0 Å². The molecule has 0 amide bonds. The van der Waals surface area contributed by atoms with Crippen molar-refractivity contribution in [1.82, 2.24) is 15.1 Å². The van der Waals surface area contributed by atoms with E-state index in [9.17, 15) is 0 Å². The van der Waals surface area contributed by atoms with E-state index in [0.717, 1.165) is 26.1 Å². The lowest BCUT2D eigenvalue weighted by molar-refractivity contribution is 0.673. The fraction of sp³-hybridized carbons (Fsp3) is 0.438. The fourth-order valence-electron chi connectivity index (χ4n) is 2.35. The number of anilines is 1. The van der Waals surface area contributed by atoms with Crippen molar-refractivity contribution in [2.24, 2.45) is 7.05 Å². The number of aromatic nitrogens is 2. The molecule has 0 saturated heterocycles. The monoisotopic (exact) mass is 272 g/mol. The number of nitrogens with zero attached hydrogens (tertiary/aromatic N) is 3. The molecule has 2 aromatic rings. The van der Waals surface area contributed by atoms with Gasteiger partial charge in [0.2, 0.25) is 0 Å². The van der Waals surface area contributed by atoms with Gasteiger partial charge in [-0.3, -0.25) is 4.68 Å². The molecule has 0 bridgehead atoms. The molecule has 0 saturated carbocycles. The minimum Gasteiger partial charge on any atom is -0.370 e. The van der Waals surface area contributed by atoms with Gasteiger partial charge in [0.25, 0.3) is 0 Å². The fourth-order valence-corrected chi connectivity index (χ4v) is 2.35. The molecule has 1 N–H and O–H groups in total. The van der Waals surface area contributed by atoms with Gasteiger partial charge in [-0.2, -0.15) is 5.10 Å². The first-order chi connectivity index (χ1) is 9.70. The van der Waals surface area contributed by atoms with E-state index in [1.165, 1.54) is 16.8 Å². The van der Waals surface area contributed by atoms with Gasteiger partial charge in [0, 0.05) is 44.6 Å². The lowest BCUT2D eigenvalue weighted by Crippen LogP contribution is -2.20. The normalized spacial score (nSPS) is 10.8. The Morgan fingerprint density at radius 2 is 2.10 bits per heavy atom.